The summed E-state index contributed by atoms with van der Waals surface area (Å²) in [5.74, 6) is -2.16. The van der Waals surface area contributed by atoms with Crippen LogP contribution in [0.15, 0.2) is 42.5 Å². The van der Waals surface area contributed by atoms with Crippen LogP contribution < -0.4 is 0 Å². The number of hydrogen-bond acceptors (Lipinski definition) is 1. The van der Waals surface area contributed by atoms with E-state index >= 15 is 0 Å². The molecule has 0 amide bonds. The minimum absolute atomic E-state index is 0.186. The quantitative estimate of drug-likeness (QED) is 0.755. The lowest BCUT2D eigenvalue weighted by Crippen LogP contribution is -2.04. The summed E-state index contributed by atoms with van der Waals surface area (Å²) in [6, 6.07) is 10.7. The van der Waals surface area contributed by atoms with Crippen molar-refractivity contribution in [2.75, 3.05) is 0 Å². The van der Waals surface area contributed by atoms with E-state index in [1.807, 2.05) is 31.2 Å². The third-order valence-electron chi connectivity index (χ3n) is 2.73. The Bertz CT molecular complexity index is 574. The van der Waals surface area contributed by atoms with Crippen LogP contribution in [0.3, 0.4) is 0 Å². The first-order valence-corrected chi connectivity index (χ1v) is 5.60. The molecule has 1 nitrogen and oxygen atoms in total. The van der Waals surface area contributed by atoms with Crippen molar-refractivity contribution in [2.45, 2.75) is 13.3 Å². The van der Waals surface area contributed by atoms with Crippen molar-refractivity contribution in [1.29, 1.82) is 0 Å². The van der Waals surface area contributed by atoms with E-state index in [1.54, 1.807) is 0 Å². The number of carbonyl (C=O) groups excluding carboxylic acids is 1. The molecule has 0 aromatic heterocycles. The molecule has 3 heteroatoms. The molecule has 0 unspecified atom stereocenters. The summed E-state index contributed by atoms with van der Waals surface area (Å²) in [6.45, 7) is 1.96. The van der Waals surface area contributed by atoms with Crippen molar-refractivity contribution in [1.82, 2.24) is 0 Å². The fourth-order valence-electron chi connectivity index (χ4n) is 1.66. The van der Waals surface area contributed by atoms with Gasteiger partial charge in [0.05, 0.1) is 0 Å². The van der Waals surface area contributed by atoms with Crippen molar-refractivity contribution < 1.29 is 13.6 Å². The van der Waals surface area contributed by atoms with E-state index in [2.05, 4.69) is 0 Å². The van der Waals surface area contributed by atoms with Gasteiger partial charge in [0.2, 0.25) is 0 Å². The fourth-order valence-corrected chi connectivity index (χ4v) is 1.66. The number of rotatable bonds is 3. The molecule has 0 N–H and O–H groups in total. The van der Waals surface area contributed by atoms with Crippen molar-refractivity contribution in [3.63, 3.8) is 0 Å². The van der Waals surface area contributed by atoms with E-state index < -0.39 is 11.6 Å². The molecule has 0 saturated carbocycles. The molecule has 0 fully saturated rings. The average molecular weight is 246 g/mol. The Balaban J connectivity index is 2.16. The highest BCUT2D eigenvalue weighted by atomic mass is 19.2. The zero-order valence-corrected chi connectivity index (χ0v) is 9.91. The van der Waals surface area contributed by atoms with Crippen molar-refractivity contribution in [3.8, 4) is 0 Å². The molecule has 0 aliphatic heterocycles. The molecule has 0 saturated heterocycles. The molecule has 0 aliphatic rings. The summed E-state index contributed by atoms with van der Waals surface area (Å²) in [5, 5.41) is 0. The van der Waals surface area contributed by atoms with Gasteiger partial charge in [-0.2, -0.15) is 0 Å². The van der Waals surface area contributed by atoms with E-state index in [0.717, 1.165) is 23.3 Å². The monoisotopic (exact) mass is 246 g/mol. The van der Waals surface area contributed by atoms with E-state index in [1.165, 1.54) is 6.07 Å². The van der Waals surface area contributed by atoms with Crippen LogP contribution in [-0.4, -0.2) is 5.78 Å². The van der Waals surface area contributed by atoms with Gasteiger partial charge in [0.1, 0.15) is 0 Å². The largest absolute Gasteiger partial charge is 0.294 e. The summed E-state index contributed by atoms with van der Waals surface area (Å²) in [4.78, 5) is 11.9. The van der Waals surface area contributed by atoms with Crippen LogP contribution in [0.4, 0.5) is 8.78 Å². The molecule has 0 atom stereocenters. The Morgan fingerprint density at radius 3 is 2.28 bits per heavy atom. The van der Waals surface area contributed by atoms with Gasteiger partial charge in [-0.15, -0.1) is 0 Å². The Labute approximate surface area is 104 Å². The van der Waals surface area contributed by atoms with Gasteiger partial charge in [-0.3, -0.25) is 4.79 Å². The molecule has 0 radical (unpaired) electrons. The van der Waals surface area contributed by atoms with E-state index in [9.17, 15) is 13.6 Å². The number of ketones is 1. The maximum absolute atomic E-state index is 13.0. The van der Waals surface area contributed by atoms with E-state index in [0.29, 0.717) is 0 Å². The molecule has 0 bridgehead atoms. The molecule has 92 valence electrons. The van der Waals surface area contributed by atoms with Crippen molar-refractivity contribution in [2.24, 2.45) is 0 Å². The van der Waals surface area contributed by atoms with Gasteiger partial charge >= 0.3 is 0 Å². The number of aryl methyl sites for hydroxylation is 1. The molecule has 0 heterocycles. The first-order chi connectivity index (χ1) is 8.56. The summed E-state index contributed by atoms with van der Waals surface area (Å²) in [6.07, 6.45) is 0.186. The van der Waals surface area contributed by atoms with Crippen molar-refractivity contribution in [3.05, 3.63) is 70.8 Å². The number of hydrogen-bond donors (Lipinski definition) is 0. The Kier molecular flexibility index (Phi) is 3.51. The minimum Gasteiger partial charge on any atom is -0.294 e. The summed E-state index contributed by atoms with van der Waals surface area (Å²) in [7, 11) is 0. The Morgan fingerprint density at radius 1 is 1.00 bits per heavy atom. The average Bonchev–Trinajstić information content (AvgIpc) is 2.35. The highest BCUT2D eigenvalue weighted by molar-refractivity contribution is 5.97. The summed E-state index contributed by atoms with van der Waals surface area (Å²) >= 11 is 0. The second-order valence-corrected chi connectivity index (χ2v) is 4.21. The van der Waals surface area contributed by atoms with Gasteiger partial charge in [-0.05, 0) is 30.7 Å². The Morgan fingerprint density at radius 2 is 1.67 bits per heavy atom. The van der Waals surface area contributed by atoms with Crippen LogP contribution >= 0.6 is 0 Å². The van der Waals surface area contributed by atoms with Crippen molar-refractivity contribution >= 4 is 5.78 Å². The highest BCUT2D eigenvalue weighted by Gasteiger charge is 2.10. The normalized spacial score (nSPS) is 10.4. The van der Waals surface area contributed by atoms with Crippen LogP contribution in [0.2, 0.25) is 0 Å². The lowest BCUT2D eigenvalue weighted by Gasteiger charge is -2.03. The smallest absolute Gasteiger partial charge is 0.167 e. The maximum atomic E-state index is 13.0. The number of benzene rings is 2. The lowest BCUT2D eigenvalue weighted by atomic mass is 10.0. The van der Waals surface area contributed by atoms with Crippen LogP contribution in [0.25, 0.3) is 0 Å². The predicted octanol–water partition coefficient (Wildman–Crippen LogP) is 3.70. The van der Waals surface area contributed by atoms with Gasteiger partial charge in [-0.25, -0.2) is 8.78 Å². The molecule has 2 aromatic carbocycles. The molecule has 2 aromatic rings. The molecular formula is C15H12F2O. The van der Waals surface area contributed by atoms with Gasteiger partial charge in [0, 0.05) is 12.0 Å². The Hall–Kier alpha value is -2.03. The summed E-state index contributed by atoms with van der Waals surface area (Å²) in [5.41, 5.74) is 2.16. The van der Waals surface area contributed by atoms with Crippen LogP contribution in [0.5, 0.6) is 0 Å². The van der Waals surface area contributed by atoms with Crippen LogP contribution in [-0.2, 0) is 6.42 Å². The van der Waals surface area contributed by atoms with Crippen LogP contribution in [0, 0.1) is 18.6 Å². The second kappa shape index (κ2) is 5.08. The fraction of sp³-hybridized carbons (Fsp3) is 0.133. The van der Waals surface area contributed by atoms with E-state index in [4.69, 9.17) is 0 Å². The third kappa shape index (κ3) is 2.80. The molecule has 0 aliphatic carbocycles. The number of carbonyl (C=O) groups is 1. The van der Waals surface area contributed by atoms with Gasteiger partial charge in [0.25, 0.3) is 0 Å². The molecule has 2 rings (SSSR count). The highest BCUT2D eigenvalue weighted by Crippen LogP contribution is 2.12. The number of halogens is 2. The topological polar surface area (TPSA) is 17.1 Å². The first-order valence-electron chi connectivity index (χ1n) is 5.60. The minimum atomic E-state index is -0.996. The zero-order valence-electron chi connectivity index (χ0n) is 9.91. The van der Waals surface area contributed by atoms with Gasteiger partial charge in [-0.1, -0.05) is 29.8 Å². The maximum Gasteiger partial charge on any atom is 0.167 e. The lowest BCUT2D eigenvalue weighted by molar-refractivity contribution is 0.0992. The molecule has 18 heavy (non-hydrogen) atoms. The summed E-state index contributed by atoms with van der Waals surface area (Å²) < 4.78 is 25.8. The third-order valence-corrected chi connectivity index (χ3v) is 2.73. The predicted molar refractivity (Wildman–Crippen MR) is 65.6 cm³/mol. The van der Waals surface area contributed by atoms with Crippen LogP contribution in [0.1, 0.15) is 21.5 Å². The zero-order chi connectivity index (χ0) is 13.1. The molecular weight excluding hydrogens is 234 g/mol. The van der Waals surface area contributed by atoms with E-state index in [-0.39, 0.29) is 17.8 Å². The van der Waals surface area contributed by atoms with Gasteiger partial charge < -0.3 is 0 Å². The SMILES string of the molecule is Cc1ccc(CC(=O)c2ccc(F)c(F)c2)cc1. The first kappa shape index (κ1) is 12.4. The second-order valence-electron chi connectivity index (χ2n) is 4.21. The standard InChI is InChI=1S/C15H12F2O/c1-10-2-4-11(5-3-10)8-15(18)12-6-7-13(16)14(17)9-12/h2-7,9H,8H2,1H3. The molecule has 0 spiro atoms. The number of Topliss-reactive ketones (excluding diaryl/α,β-unsaturated/α-hetero) is 1. The van der Waals surface area contributed by atoms with Gasteiger partial charge in [0.15, 0.2) is 17.4 Å².